The van der Waals surface area contributed by atoms with E-state index in [1.54, 1.807) is 12.1 Å². The Morgan fingerprint density at radius 1 is 0.471 bits per heavy atom. The summed E-state index contributed by atoms with van der Waals surface area (Å²) in [7, 11) is 0. The lowest BCUT2D eigenvalue weighted by Crippen LogP contribution is -2.48. The van der Waals surface area contributed by atoms with Crippen LogP contribution in [0.15, 0.2) is 36.4 Å². The molecule has 8 aliphatic carbocycles. The molecule has 0 radical (unpaired) electrons. The third-order valence-electron chi connectivity index (χ3n) is 11.5. The molecule has 0 atom stereocenters. The van der Waals surface area contributed by atoms with E-state index in [-0.39, 0.29) is 22.5 Å². The fourth-order valence-electron chi connectivity index (χ4n) is 11.1. The maximum atomic E-state index is 15.3. The first-order valence-electron chi connectivity index (χ1n) is 14.1. The molecule has 34 heavy (non-hydrogen) atoms. The molecule has 8 bridgehead atoms. The molecule has 8 fully saturated rings. The maximum absolute atomic E-state index is 15.3. The number of halogens is 2. The van der Waals surface area contributed by atoms with Crippen molar-refractivity contribution in [1.29, 1.82) is 0 Å². The second-order valence-corrected chi connectivity index (χ2v) is 13.8. The van der Waals surface area contributed by atoms with Crippen LogP contribution in [0.4, 0.5) is 8.78 Å². The molecule has 0 spiro atoms. The summed E-state index contributed by atoms with van der Waals surface area (Å²) >= 11 is 0. The zero-order valence-corrected chi connectivity index (χ0v) is 20.2. The third kappa shape index (κ3) is 2.93. The van der Waals surface area contributed by atoms with E-state index in [0.29, 0.717) is 11.1 Å². The van der Waals surface area contributed by atoms with Gasteiger partial charge in [-0.25, -0.2) is 8.78 Å². The van der Waals surface area contributed by atoms with Gasteiger partial charge in [0.2, 0.25) is 0 Å². The Morgan fingerprint density at radius 3 is 1.06 bits per heavy atom. The molecular weight excluding hydrogens is 422 g/mol. The second-order valence-electron chi connectivity index (χ2n) is 13.8. The van der Waals surface area contributed by atoms with Gasteiger partial charge in [0, 0.05) is 11.1 Å². The van der Waals surface area contributed by atoms with Crippen molar-refractivity contribution in [2.24, 2.45) is 35.5 Å². The van der Waals surface area contributed by atoms with Crippen LogP contribution in [0.5, 0.6) is 0 Å². The van der Waals surface area contributed by atoms with E-state index in [4.69, 9.17) is 0 Å². The SMILES string of the molecule is Fc1ccc(C23CC4CC(CC(C4)C2)C3)cc1-c1cc(C23CC4CC(CC(C4)C2)C3)ccc1F. The van der Waals surface area contributed by atoms with Crippen LogP contribution in [0.2, 0.25) is 0 Å². The van der Waals surface area contributed by atoms with Gasteiger partial charge in [0.25, 0.3) is 0 Å². The van der Waals surface area contributed by atoms with Gasteiger partial charge >= 0.3 is 0 Å². The first-order valence-corrected chi connectivity index (χ1v) is 14.1. The number of rotatable bonds is 3. The average Bonchev–Trinajstić information content (AvgIpc) is 2.78. The van der Waals surface area contributed by atoms with Crippen molar-refractivity contribution in [3.63, 3.8) is 0 Å². The highest BCUT2D eigenvalue weighted by atomic mass is 19.1. The molecule has 0 heterocycles. The largest absolute Gasteiger partial charge is 0.206 e. The Hall–Kier alpha value is -1.70. The molecule has 8 aliphatic rings. The van der Waals surface area contributed by atoms with Gasteiger partial charge in [-0.05, 0) is 159 Å². The summed E-state index contributed by atoms with van der Waals surface area (Å²) in [4.78, 5) is 0. The lowest BCUT2D eigenvalue weighted by Gasteiger charge is -2.57. The normalized spacial score (nSPS) is 43.6. The van der Waals surface area contributed by atoms with Crippen LogP contribution >= 0.6 is 0 Å². The highest BCUT2D eigenvalue weighted by Gasteiger charge is 2.53. The summed E-state index contributed by atoms with van der Waals surface area (Å²) in [5, 5.41) is 0. The van der Waals surface area contributed by atoms with Crippen molar-refractivity contribution in [2.45, 2.75) is 87.9 Å². The van der Waals surface area contributed by atoms with Crippen molar-refractivity contribution < 1.29 is 8.78 Å². The van der Waals surface area contributed by atoms with Crippen LogP contribution in [0.3, 0.4) is 0 Å². The molecule has 0 aliphatic heterocycles. The van der Waals surface area contributed by atoms with Crippen molar-refractivity contribution in [3.05, 3.63) is 59.2 Å². The average molecular weight is 459 g/mol. The van der Waals surface area contributed by atoms with Crippen LogP contribution in [0.1, 0.15) is 88.2 Å². The number of hydrogen-bond donors (Lipinski definition) is 0. The van der Waals surface area contributed by atoms with E-state index >= 15 is 8.78 Å². The summed E-state index contributed by atoms with van der Waals surface area (Å²) in [6.45, 7) is 0. The molecule has 10 rings (SSSR count). The van der Waals surface area contributed by atoms with E-state index in [2.05, 4.69) is 12.1 Å². The van der Waals surface area contributed by atoms with Crippen molar-refractivity contribution in [3.8, 4) is 11.1 Å². The van der Waals surface area contributed by atoms with E-state index in [9.17, 15) is 0 Å². The highest BCUT2D eigenvalue weighted by molar-refractivity contribution is 5.67. The van der Waals surface area contributed by atoms with Gasteiger partial charge in [0.1, 0.15) is 11.6 Å². The van der Waals surface area contributed by atoms with Crippen LogP contribution < -0.4 is 0 Å². The molecule has 0 amide bonds. The topological polar surface area (TPSA) is 0 Å². The maximum Gasteiger partial charge on any atom is 0.131 e. The molecule has 8 saturated carbocycles. The Labute approximate surface area is 202 Å². The predicted octanol–water partition coefficient (Wildman–Crippen LogP) is 8.57. The van der Waals surface area contributed by atoms with E-state index in [1.807, 2.05) is 12.1 Å². The van der Waals surface area contributed by atoms with Gasteiger partial charge in [-0.15, -0.1) is 0 Å². The lowest BCUT2D eigenvalue weighted by molar-refractivity contribution is -0.00538. The van der Waals surface area contributed by atoms with Crippen LogP contribution in [-0.2, 0) is 10.8 Å². The zero-order valence-electron chi connectivity index (χ0n) is 20.2. The Morgan fingerprint density at radius 2 is 0.765 bits per heavy atom. The molecule has 0 aromatic heterocycles. The zero-order chi connectivity index (χ0) is 22.7. The molecule has 178 valence electrons. The second kappa shape index (κ2) is 6.95. The smallest absolute Gasteiger partial charge is 0.131 e. The lowest BCUT2D eigenvalue weighted by atomic mass is 9.48. The monoisotopic (exact) mass is 458 g/mol. The van der Waals surface area contributed by atoms with E-state index < -0.39 is 0 Å². The summed E-state index contributed by atoms with van der Waals surface area (Å²) in [5.41, 5.74) is 3.95. The summed E-state index contributed by atoms with van der Waals surface area (Å²) in [6, 6.07) is 11.5. The fraction of sp³-hybridized carbons (Fsp3) is 0.625. The minimum absolute atomic E-state index is 0.200. The van der Waals surface area contributed by atoms with Crippen molar-refractivity contribution >= 4 is 0 Å². The molecule has 2 aromatic rings. The van der Waals surface area contributed by atoms with E-state index in [0.717, 1.165) is 35.5 Å². The summed E-state index contributed by atoms with van der Waals surface area (Å²) in [5.74, 6) is 4.52. The first kappa shape index (κ1) is 20.5. The summed E-state index contributed by atoms with van der Waals surface area (Å²) < 4.78 is 30.7. The molecule has 2 heteroatoms. The highest BCUT2D eigenvalue weighted by Crippen LogP contribution is 2.62. The minimum Gasteiger partial charge on any atom is -0.206 e. The number of hydrogen-bond acceptors (Lipinski definition) is 0. The Balaban J connectivity index is 1.20. The Kier molecular flexibility index (Phi) is 4.19. The van der Waals surface area contributed by atoms with Crippen LogP contribution in [0, 0.1) is 47.1 Å². The van der Waals surface area contributed by atoms with Crippen molar-refractivity contribution in [1.82, 2.24) is 0 Å². The molecule has 0 unspecified atom stereocenters. The molecule has 0 saturated heterocycles. The number of benzene rings is 2. The van der Waals surface area contributed by atoms with Gasteiger partial charge in [-0.1, -0.05) is 12.1 Å². The van der Waals surface area contributed by atoms with Crippen LogP contribution in [0.25, 0.3) is 11.1 Å². The van der Waals surface area contributed by atoms with Crippen LogP contribution in [-0.4, -0.2) is 0 Å². The van der Waals surface area contributed by atoms with Gasteiger partial charge < -0.3 is 0 Å². The molecule has 2 aromatic carbocycles. The molecule has 0 nitrogen and oxygen atoms in total. The minimum atomic E-state index is -0.268. The quantitative estimate of drug-likeness (QED) is 0.432. The van der Waals surface area contributed by atoms with Gasteiger partial charge in [-0.3, -0.25) is 0 Å². The summed E-state index contributed by atoms with van der Waals surface area (Å²) in [6.07, 6.45) is 15.9. The Bertz CT molecular complexity index is 998. The first-order chi connectivity index (χ1) is 16.5. The fourth-order valence-corrected chi connectivity index (χ4v) is 11.1. The van der Waals surface area contributed by atoms with Crippen molar-refractivity contribution in [2.75, 3.05) is 0 Å². The van der Waals surface area contributed by atoms with E-state index in [1.165, 1.54) is 88.2 Å². The van der Waals surface area contributed by atoms with Gasteiger partial charge in [0.05, 0.1) is 0 Å². The standard InChI is InChI=1S/C32H36F2/c33-29-3-1-25(31-13-19-5-20(14-31)7-21(6-19)15-31)11-27(29)28-12-26(2-4-30(28)34)32-16-22-8-23(17-32)10-24(9-22)18-32/h1-4,11-12,19-24H,5-10,13-18H2. The molecule has 0 N–H and O–H groups in total. The predicted molar refractivity (Wildman–Crippen MR) is 131 cm³/mol. The molecular formula is C32H36F2. The van der Waals surface area contributed by atoms with Gasteiger partial charge in [-0.2, -0.15) is 0 Å². The third-order valence-corrected chi connectivity index (χ3v) is 11.5. The van der Waals surface area contributed by atoms with Gasteiger partial charge in [0.15, 0.2) is 0 Å².